The molecule has 20 heavy (non-hydrogen) atoms. The lowest BCUT2D eigenvalue weighted by molar-refractivity contribution is 0.474. The molecule has 8 heteroatoms. The summed E-state index contributed by atoms with van der Waals surface area (Å²) >= 11 is 0. The maximum atomic E-state index is 11.5. The quantitative estimate of drug-likeness (QED) is 0.414. The van der Waals surface area contributed by atoms with Gasteiger partial charge in [-0.3, -0.25) is 4.79 Å². The summed E-state index contributed by atoms with van der Waals surface area (Å²) in [6.45, 7) is 0. The summed E-state index contributed by atoms with van der Waals surface area (Å²) in [5.41, 5.74) is 3.46. The van der Waals surface area contributed by atoms with Gasteiger partial charge < -0.3 is 15.1 Å². The van der Waals surface area contributed by atoms with Crippen LogP contribution in [0.4, 0.5) is 5.95 Å². The molecule has 0 aliphatic rings. The highest BCUT2D eigenvalue weighted by molar-refractivity contribution is 5.83. The van der Waals surface area contributed by atoms with Crippen LogP contribution in [0.3, 0.4) is 0 Å². The molecule has 0 saturated heterocycles. The number of phenolic OH excluding ortho intramolecular Hbond substituents is 1. The van der Waals surface area contributed by atoms with Gasteiger partial charge in [-0.2, -0.15) is 10.1 Å². The first-order chi connectivity index (χ1) is 9.74. The van der Waals surface area contributed by atoms with Crippen molar-refractivity contribution in [2.45, 2.75) is 0 Å². The Balaban J connectivity index is 1.82. The van der Waals surface area contributed by atoms with E-state index in [1.165, 1.54) is 12.5 Å². The molecule has 0 amide bonds. The van der Waals surface area contributed by atoms with E-state index in [0.29, 0.717) is 11.2 Å². The van der Waals surface area contributed by atoms with Crippen molar-refractivity contribution < 1.29 is 5.11 Å². The van der Waals surface area contributed by atoms with Crippen LogP contribution in [0.2, 0.25) is 0 Å². The predicted octanol–water partition coefficient (Wildman–Crippen LogP) is 0.798. The van der Waals surface area contributed by atoms with Crippen LogP contribution in [0.5, 0.6) is 5.75 Å². The Morgan fingerprint density at radius 1 is 1.35 bits per heavy atom. The first kappa shape index (κ1) is 11.9. The van der Waals surface area contributed by atoms with Gasteiger partial charge in [-0.1, -0.05) is 12.1 Å². The largest absolute Gasteiger partial charge is 0.507 e. The number of aromatic hydroxyl groups is 1. The molecule has 0 spiro atoms. The van der Waals surface area contributed by atoms with Crippen LogP contribution in [0.1, 0.15) is 5.56 Å². The summed E-state index contributed by atoms with van der Waals surface area (Å²) in [7, 11) is 0. The van der Waals surface area contributed by atoms with Gasteiger partial charge in [0.2, 0.25) is 5.95 Å². The lowest BCUT2D eigenvalue weighted by Gasteiger charge is -1.97. The average Bonchev–Trinajstić information content (AvgIpc) is 2.85. The molecule has 0 aliphatic heterocycles. The molecule has 0 bridgehead atoms. The Morgan fingerprint density at radius 3 is 3.00 bits per heavy atom. The van der Waals surface area contributed by atoms with E-state index in [1.807, 2.05) is 0 Å². The van der Waals surface area contributed by atoms with Gasteiger partial charge in [0.05, 0.1) is 12.5 Å². The topological polar surface area (TPSA) is 119 Å². The van der Waals surface area contributed by atoms with Crippen molar-refractivity contribution in [3.05, 3.63) is 46.5 Å². The molecule has 0 unspecified atom stereocenters. The van der Waals surface area contributed by atoms with Crippen molar-refractivity contribution in [3.63, 3.8) is 0 Å². The van der Waals surface area contributed by atoms with E-state index < -0.39 is 0 Å². The molecule has 8 nitrogen and oxygen atoms in total. The second kappa shape index (κ2) is 4.84. The SMILES string of the molecule is O=c1[nH]cnc2nc(N/N=C/c3ccccc3O)[nH]c12. The number of aromatic amines is 2. The highest BCUT2D eigenvalue weighted by Crippen LogP contribution is 2.13. The minimum Gasteiger partial charge on any atom is -0.507 e. The normalized spacial score (nSPS) is 11.2. The molecule has 0 fully saturated rings. The molecule has 1 aromatic carbocycles. The summed E-state index contributed by atoms with van der Waals surface area (Å²) in [5.74, 6) is 0.414. The van der Waals surface area contributed by atoms with E-state index in [9.17, 15) is 9.90 Å². The van der Waals surface area contributed by atoms with E-state index in [1.54, 1.807) is 24.3 Å². The van der Waals surface area contributed by atoms with Crippen molar-refractivity contribution in [1.82, 2.24) is 19.9 Å². The van der Waals surface area contributed by atoms with Crippen LogP contribution in [-0.4, -0.2) is 31.3 Å². The number of fused-ring (bicyclic) bond motifs is 1. The minimum absolute atomic E-state index is 0.126. The molecular weight excluding hydrogens is 260 g/mol. The number of nitrogens with zero attached hydrogens (tertiary/aromatic N) is 3. The van der Waals surface area contributed by atoms with Gasteiger partial charge >= 0.3 is 0 Å². The standard InChI is InChI=1S/C12H10N6O2/c19-8-4-2-1-3-7(8)5-15-18-12-16-9-10(17-12)13-6-14-11(9)20/h1-6,19H,(H3,13,14,16,17,18,20)/b15-5+. The van der Waals surface area contributed by atoms with Crippen molar-refractivity contribution in [1.29, 1.82) is 0 Å². The number of rotatable bonds is 3. The van der Waals surface area contributed by atoms with E-state index in [0.717, 1.165) is 0 Å². The Kier molecular flexibility index (Phi) is 2.88. The van der Waals surface area contributed by atoms with Crippen LogP contribution in [-0.2, 0) is 0 Å². The molecule has 0 radical (unpaired) electrons. The van der Waals surface area contributed by atoms with Crippen molar-refractivity contribution in [2.75, 3.05) is 5.43 Å². The maximum absolute atomic E-state index is 11.5. The van der Waals surface area contributed by atoms with Gasteiger partial charge in [-0.15, -0.1) is 0 Å². The minimum atomic E-state index is -0.305. The number of nitrogens with one attached hydrogen (secondary N) is 3. The Hall–Kier alpha value is -3.16. The monoisotopic (exact) mass is 270 g/mol. The van der Waals surface area contributed by atoms with Crippen LogP contribution >= 0.6 is 0 Å². The van der Waals surface area contributed by atoms with Gasteiger partial charge in [-0.05, 0) is 12.1 Å². The molecule has 0 atom stereocenters. The number of hydrogen-bond donors (Lipinski definition) is 4. The number of imidazole rings is 1. The third-order valence-corrected chi connectivity index (χ3v) is 2.61. The van der Waals surface area contributed by atoms with Gasteiger partial charge in [0.1, 0.15) is 5.75 Å². The van der Waals surface area contributed by atoms with Gasteiger partial charge in [0.15, 0.2) is 11.2 Å². The fraction of sp³-hybridized carbons (Fsp3) is 0. The summed E-state index contributed by atoms with van der Waals surface area (Å²) < 4.78 is 0. The zero-order chi connectivity index (χ0) is 13.9. The maximum Gasteiger partial charge on any atom is 0.276 e. The number of hydrazone groups is 1. The van der Waals surface area contributed by atoms with Gasteiger partial charge in [0, 0.05) is 5.56 Å². The number of hydrogen-bond acceptors (Lipinski definition) is 6. The lowest BCUT2D eigenvalue weighted by atomic mass is 10.2. The van der Waals surface area contributed by atoms with Gasteiger partial charge in [0.25, 0.3) is 5.56 Å². The fourth-order valence-electron chi connectivity index (χ4n) is 1.65. The number of phenols is 1. The molecule has 3 aromatic rings. The highest BCUT2D eigenvalue weighted by atomic mass is 16.3. The molecular formula is C12H10N6O2. The predicted molar refractivity (Wildman–Crippen MR) is 73.8 cm³/mol. The van der Waals surface area contributed by atoms with Crippen LogP contribution in [0.15, 0.2) is 40.5 Å². The van der Waals surface area contributed by atoms with Crippen molar-refractivity contribution >= 4 is 23.3 Å². The van der Waals surface area contributed by atoms with Gasteiger partial charge in [-0.25, -0.2) is 10.4 Å². The van der Waals surface area contributed by atoms with Crippen LogP contribution in [0.25, 0.3) is 11.2 Å². The Bertz CT molecular complexity index is 835. The number of anilines is 1. The summed E-state index contributed by atoms with van der Waals surface area (Å²) in [4.78, 5) is 24.6. The molecule has 2 heterocycles. The second-order valence-electron chi connectivity index (χ2n) is 3.94. The number of benzene rings is 1. The average molecular weight is 270 g/mol. The zero-order valence-electron chi connectivity index (χ0n) is 10.2. The zero-order valence-corrected chi connectivity index (χ0v) is 10.2. The first-order valence-electron chi connectivity index (χ1n) is 5.74. The molecule has 3 rings (SSSR count). The summed E-state index contributed by atoms with van der Waals surface area (Å²) in [6.07, 6.45) is 2.72. The second-order valence-corrected chi connectivity index (χ2v) is 3.94. The third-order valence-electron chi connectivity index (χ3n) is 2.61. The molecule has 4 N–H and O–H groups in total. The molecule has 2 aromatic heterocycles. The van der Waals surface area contributed by atoms with E-state index in [4.69, 9.17) is 0 Å². The molecule has 100 valence electrons. The highest BCUT2D eigenvalue weighted by Gasteiger charge is 2.05. The Morgan fingerprint density at radius 2 is 2.20 bits per heavy atom. The van der Waals surface area contributed by atoms with Crippen molar-refractivity contribution in [2.24, 2.45) is 5.10 Å². The first-order valence-corrected chi connectivity index (χ1v) is 5.74. The molecule has 0 saturated carbocycles. The fourth-order valence-corrected chi connectivity index (χ4v) is 1.65. The van der Waals surface area contributed by atoms with Crippen LogP contribution < -0.4 is 11.0 Å². The van der Waals surface area contributed by atoms with E-state index in [-0.39, 0.29) is 22.8 Å². The van der Waals surface area contributed by atoms with E-state index in [2.05, 4.69) is 30.5 Å². The molecule has 0 aliphatic carbocycles. The van der Waals surface area contributed by atoms with E-state index >= 15 is 0 Å². The smallest absolute Gasteiger partial charge is 0.276 e. The Labute approximate surface area is 112 Å². The number of aromatic nitrogens is 4. The lowest BCUT2D eigenvalue weighted by Crippen LogP contribution is -2.05. The third kappa shape index (κ3) is 2.21. The summed E-state index contributed by atoms with van der Waals surface area (Å²) in [5, 5.41) is 13.5. The summed E-state index contributed by atoms with van der Waals surface area (Å²) in [6, 6.07) is 6.78. The van der Waals surface area contributed by atoms with Crippen LogP contribution in [0, 0.1) is 0 Å². The number of H-pyrrole nitrogens is 2. The van der Waals surface area contributed by atoms with Crippen molar-refractivity contribution in [3.8, 4) is 5.75 Å². The number of para-hydroxylation sites is 1.